The molecular weight excluding hydrogens is 366 g/mol. The number of aliphatic hydroxyl groups is 1. The molecule has 7 heteroatoms. The van der Waals surface area contributed by atoms with Gasteiger partial charge < -0.3 is 14.6 Å². The normalized spacial score (nSPS) is 14.6. The lowest BCUT2D eigenvalue weighted by molar-refractivity contribution is -0.136. The summed E-state index contributed by atoms with van der Waals surface area (Å²) in [6, 6.07) is 7.18. The first-order valence-electron chi connectivity index (χ1n) is 9.18. The zero-order valence-corrected chi connectivity index (χ0v) is 16.9. The van der Waals surface area contributed by atoms with Crippen LogP contribution in [-0.4, -0.2) is 60.0 Å². The van der Waals surface area contributed by atoms with Gasteiger partial charge in [0, 0.05) is 25.5 Å². The molecule has 0 radical (unpaired) electrons. The minimum Gasteiger partial charge on any atom is -0.491 e. The average Bonchev–Trinajstić information content (AvgIpc) is 2.87. The van der Waals surface area contributed by atoms with E-state index in [9.17, 15) is 9.59 Å². The highest BCUT2D eigenvalue weighted by Gasteiger charge is 2.38. The molecule has 148 valence electrons. The smallest absolute Gasteiger partial charge is 0.267 e. The zero-order chi connectivity index (χ0) is 19.8. The molecule has 1 aliphatic heterocycles. The molecular formula is C20H27NO5S. The molecule has 0 aromatic heterocycles. The summed E-state index contributed by atoms with van der Waals surface area (Å²) >= 11 is 1.22. The van der Waals surface area contributed by atoms with Crippen molar-refractivity contribution >= 4 is 29.1 Å². The van der Waals surface area contributed by atoms with Gasteiger partial charge in [-0.15, -0.1) is 11.8 Å². The number of nitrogens with zero attached hydrogens (tertiary/aromatic N) is 1. The summed E-state index contributed by atoms with van der Waals surface area (Å²) in [6.45, 7) is 7.16. The lowest BCUT2D eigenvalue weighted by Crippen LogP contribution is -2.33. The van der Waals surface area contributed by atoms with E-state index in [2.05, 4.69) is 0 Å². The third-order valence-electron chi connectivity index (χ3n) is 3.85. The van der Waals surface area contributed by atoms with Gasteiger partial charge in [0.05, 0.1) is 23.2 Å². The van der Waals surface area contributed by atoms with Gasteiger partial charge in [0.15, 0.2) is 0 Å². The Labute approximate surface area is 164 Å². The van der Waals surface area contributed by atoms with Crippen LogP contribution >= 0.6 is 11.8 Å². The van der Waals surface area contributed by atoms with Crippen LogP contribution in [0.25, 0.3) is 5.57 Å². The second-order valence-corrected chi connectivity index (χ2v) is 7.38. The van der Waals surface area contributed by atoms with E-state index >= 15 is 0 Å². The van der Waals surface area contributed by atoms with E-state index in [-0.39, 0.29) is 24.5 Å². The lowest BCUT2D eigenvalue weighted by atomic mass is 10.1. The van der Waals surface area contributed by atoms with E-state index in [0.29, 0.717) is 53.7 Å². The predicted molar refractivity (Wildman–Crippen MR) is 106 cm³/mol. The average molecular weight is 394 g/mol. The molecule has 6 nitrogen and oxygen atoms in total. The molecule has 2 amide bonds. The highest BCUT2D eigenvalue weighted by molar-refractivity contribution is 8.04. The number of benzene rings is 1. The van der Waals surface area contributed by atoms with Gasteiger partial charge in [-0.2, -0.15) is 0 Å². The Morgan fingerprint density at radius 1 is 1.15 bits per heavy atom. The van der Waals surface area contributed by atoms with Gasteiger partial charge in [0.25, 0.3) is 11.8 Å². The number of ether oxygens (including phenoxy) is 2. The Hall–Kier alpha value is -1.83. The standard InChI is InChI=1S/C20H27NO5S/c1-4-25-12-5-10-21-19(23)17(18(20(21)24)27-13-11-22)15-6-8-16(9-7-15)26-14(2)3/h6-9,14,22H,4-5,10-13H2,1-3H3. The van der Waals surface area contributed by atoms with Crippen molar-refractivity contribution in [2.75, 3.05) is 32.1 Å². The molecule has 0 saturated heterocycles. The Bertz CT molecular complexity index is 684. The molecule has 1 aliphatic rings. The fourth-order valence-electron chi connectivity index (χ4n) is 2.73. The maximum atomic E-state index is 12.9. The number of thioether (sulfide) groups is 1. The first kappa shape index (κ1) is 21.5. The number of carbonyl (C=O) groups excluding carboxylic acids is 2. The minimum atomic E-state index is -0.299. The molecule has 2 rings (SSSR count). The van der Waals surface area contributed by atoms with Gasteiger partial charge in [-0.1, -0.05) is 12.1 Å². The van der Waals surface area contributed by atoms with Crippen LogP contribution < -0.4 is 4.74 Å². The molecule has 1 aromatic carbocycles. The summed E-state index contributed by atoms with van der Waals surface area (Å²) in [4.78, 5) is 27.3. The number of amides is 2. The molecule has 1 heterocycles. The van der Waals surface area contributed by atoms with Crippen molar-refractivity contribution in [2.24, 2.45) is 0 Å². The summed E-state index contributed by atoms with van der Waals surface area (Å²) < 4.78 is 10.9. The molecule has 0 atom stereocenters. The molecule has 0 unspecified atom stereocenters. The van der Waals surface area contributed by atoms with Crippen LogP contribution in [0, 0.1) is 0 Å². The van der Waals surface area contributed by atoms with Crippen LogP contribution in [0.1, 0.15) is 32.8 Å². The molecule has 1 aromatic rings. The topological polar surface area (TPSA) is 76.1 Å². The lowest BCUT2D eigenvalue weighted by Gasteiger charge is -2.15. The predicted octanol–water partition coefficient (Wildman–Crippen LogP) is 2.71. The van der Waals surface area contributed by atoms with Crippen LogP contribution in [0.5, 0.6) is 5.75 Å². The number of rotatable bonds is 11. The van der Waals surface area contributed by atoms with Crippen molar-refractivity contribution in [3.8, 4) is 5.75 Å². The van der Waals surface area contributed by atoms with Crippen molar-refractivity contribution in [3.05, 3.63) is 34.7 Å². The summed E-state index contributed by atoms with van der Waals surface area (Å²) in [5, 5.41) is 9.14. The quantitative estimate of drug-likeness (QED) is 0.460. The fraction of sp³-hybridized carbons (Fsp3) is 0.500. The Kier molecular flexibility index (Phi) is 8.34. The molecule has 0 spiro atoms. The van der Waals surface area contributed by atoms with Gasteiger partial charge >= 0.3 is 0 Å². The van der Waals surface area contributed by atoms with E-state index in [1.807, 2.05) is 20.8 Å². The van der Waals surface area contributed by atoms with Crippen molar-refractivity contribution in [1.29, 1.82) is 0 Å². The Morgan fingerprint density at radius 3 is 2.44 bits per heavy atom. The number of hydrogen-bond donors (Lipinski definition) is 1. The number of aliphatic hydroxyl groups excluding tert-OH is 1. The van der Waals surface area contributed by atoms with Gasteiger partial charge in [0.2, 0.25) is 0 Å². The summed E-state index contributed by atoms with van der Waals surface area (Å²) in [5.41, 5.74) is 1.07. The van der Waals surface area contributed by atoms with Gasteiger partial charge in [0.1, 0.15) is 5.75 Å². The maximum absolute atomic E-state index is 12.9. The van der Waals surface area contributed by atoms with E-state index in [1.54, 1.807) is 24.3 Å². The fourth-order valence-corrected chi connectivity index (χ4v) is 3.61. The van der Waals surface area contributed by atoms with Crippen LogP contribution in [0.3, 0.4) is 0 Å². The number of hydrogen-bond acceptors (Lipinski definition) is 6. The second kappa shape index (κ2) is 10.5. The van der Waals surface area contributed by atoms with Crippen molar-refractivity contribution in [2.45, 2.75) is 33.3 Å². The first-order valence-corrected chi connectivity index (χ1v) is 10.2. The van der Waals surface area contributed by atoms with E-state index in [0.717, 1.165) is 0 Å². The molecule has 1 N–H and O–H groups in total. The first-order chi connectivity index (χ1) is 13.0. The third kappa shape index (κ3) is 5.57. The number of carbonyl (C=O) groups is 2. The van der Waals surface area contributed by atoms with Crippen molar-refractivity contribution in [3.63, 3.8) is 0 Å². The molecule has 0 fully saturated rings. The molecule has 0 bridgehead atoms. The Morgan fingerprint density at radius 2 is 1.85 bits per heavy atom. The monoisotopic (exact) mass is 393 g/mol. The maximum Gasteiger partial charge on any atom is 0.267 e. The number of imide groups is 1. The summed E-state index contributed by atoms with van der Waals surface area (Å²) in [5.74, 6) is 0.477. The highest BCUT2D eigenvalue weighted by Crippen LogP contribution is 2.36. The SMILES string of the molecule is CCOCCCN1C(=O)C(SCCO)=C(c2ccc(OC(C)C)cc2)C1=O. The second-order valence-electron chi connectivity index (χ2n) is 6.28. The van der Waals surface area contributed by atoms with Crippen LogP contribution in [0.2, 0.25) is 0 Å². The van der Waals surface area contributed by atoms with Crippen molar-refractivity contribution in [1.82, 2.24) is 4.90 Å². The minimum absolute atomic E-state index is 0.0567. The van der Waals surface area contributed by atoms with Crippen LogP contribution in [0.4, 0.5) is 0 Å². The van der Waals surface area contributed by atoms with Gasteiger partial charge in [-0.25, -0.2) is 0 Å². The zero-order valence-electron chi connectivity index (χ0n) is 16.1. The van der Waals surface area contributed by atoms with Gasteiger partial charge in [-0.05, 0) is 44.9 Å². The van der Waals surface area contributed by atoms with E-state index in [4.69, 9.17) is 14.6 Å². The Balaban J connectivity index is 2.23. The van der Waals surface area contributed by atoms with Crippen LogP contribution in [-0.2, 0) is 14.3 Å². The molecule has 0 saturated carbocycles. The summed E-state index contributed by atoms with van der Waals surface area (Å²) in [6.07, 6.45) is 0.652. The van der Waals surface area contributed by atoms with E-state index < -0.39 is 0 Å². The highest BCUT2D eigenvalue weighted by atomic mass is 32.2. The molecule has 27 heavy (non-hydrogen) atoms. The van der Waals surface area contributed by atoms with Gasteiger partial charge in [-0.3, -0.25) is 14.5 Å². The van der Waals surface area contributed by atoms with E-state index in [1.165, 1.54) is 16.7 Å². The van der Waals surface area contributed by atoms with Crippen molar-refractivity contribution < 1.29 is 24.2 Å². The molecule has 0 aliphatic carbocycles. The summed E-state index contributed by atoms with van der Waals surface area (Å²) in [7, 11) is 0. The third-order valence-corrected chi connectivity index (χ3v) is 4.91. The largest absolute Gasteiger partial charge is 0.491 e. The van der Waals surface area contributed by atoms with Crippen LogP contribution in [0.15, 0.2) is 29.2 Å².